The van der Waals surface area contributed by atoms with Crippen LogP contribution in [0.25, 0.3) is 0 Å². The zero-order chi connectivity index (χ0) is 14.1. The van der Waals surface area contributed by atoms with Crippen LogP contribution < -0.4 is 15.4 Å². The molecule has 0 saturated heterocycles. The first kappa shape index (κ1) is 15.3. The predicted molar refractivity (Wildman–Crippen MR) is 75.7 cm³/mol. The molecule has 0 fully saturated rings. The molecule has 0 spiro atoms. The number of amides is 2. The lowest BCUT2D eigenvalue weighted by Crippen LogP contribution is -2.29. The fraction of sp³-hybridized carbons (Fsp3) is 0.500. The number of carbonyl (C=O) groups is 1. The minimum Gasteiger partial charge on any atom is -0.491 e. The molecule has 2 N–H and O–H groups in total. The summed E-state index contributed by atoms with van der Waals surface area (Å²) in [6, 6.07) is 7.08. The van der Waals surface area contributed by atoms with E-state index in [4.69, 9.17) is 9.47 Å². The van der Waals surface area contributed by atoms with Crippen molar-refractivity contribution in [3.05, 3.63) is 24.3 Å². The fourth-order valence-electron chi connectivity index (χ4n) is 1.48. The molecule has 1 rings (SSSR count). The van der Waals surface area contributed by atoms with Gasteiger partial charge in [0.05, 0.1) is 6.10 Å². The molecule has 0 aromatic heterocycles. The van der Waals surface area contributed by atoms with Crippen LogP contribution in [0.4, 0.5) is 10.5 Å². The van der Waals surface area contributed by atoms with Crippen molar-refractivity contribution >= 4 is 11.7 Å². The second-order valence-electron chi connectivity index (χ2n) is 4.42. The van der Waals surface area contributed by atoms with Gasteiger partial charge in [-0.25, -0.2) is 4.79 Å². The highest BCUT2D eigenvalue weighted by atomic mass is 16.5. The van der Waals surface area contributed by atoms with Gasteiger partial charge in [0, 0.05) is 25.9 Å². The topological polar surface area (TPSA) is 59.6 Å². The van der Waals surface area contributed by atoms with Crippen LogP contribution in [0.5, 0.6) is 5.75 Å². The Labute approximate surface area is 114 Å². The molecule has 1 aromatic carbocycles. The number of urea groups is 1. The van der Waals surface area contributed by atoms with Crippen molar-refractivity contribution in [1.29, 1.82) is 0 Å². The van der Waals surface area contributed by atoms with E-state index in [1.807, 2.05) is 38.1 Å². The molecule has 0 radical (unpaired) electrons. The van der Waals surface area contributed by atoms with Crippen molar-refractivity contribution in [2.24, 2.45) is 0 Å². The maximum Gasteiger partial charge on any atom is 0.319 e. The highest BCUT2D eigenvalue weighted by Crippen LogP contribution is 2.16. The molecular formula is C14H22N2O3. The third kappa shape index (κ3) is 6.67. The quantitative estimate of drug-likeness (QED) is 0.746. The first-order valence-electron chi connectivity index (χ1n) is 6.42. The summed E-state index contributed by atoms with van der Waals surface area (Å²) in [6.07, 6.45) is 0.938. The number of ether oxygens (including phenoxy) is 2. The molecule has 19 heavy (non-hydrogen) atoms. The number of hydrogen-bond acceptors (Lipinski definition) is 3. The van der Waals surface area contributed by atoms with Crippen molar-refractivity contribution < 1.29 is 14.3 Å². The van der Waals surface area contributed by atoms with Crippen LogP contribution in [0.1, 0.15) is 20.3 Å². The summed E-state index contributed by atoms with van der Waals surface area (Å²) in [6.45, 7) is 5.18. The molecular weight excluding hydrogens is 244 g/mol. The lowest BCUT2D eigenvalue weighted by molar-refractivity contribution is 0.194. The largest absolute Gasteiger partial charge is 0.491 e. The van der Waals surface area contributed by atoms with E-state index >= 15 is 0 Å². The molecule has 1 aromatic rings. The van der Waals surface area contributed by atoms with E-state index in [2.05, 4.69) is 10.6 Å². The van der Waals surface area contributed by atoms with Gasteiger partial charge >= 0.3 is 6.03 Å². The molecule has 106 valence electrons. The predicted octanol–water partition coefficient (Wildman–Crippen LogP) is 2.63. The Bertz CT molecular complexity index is 377. The second kappa shape index (κ2) is 8.37. The Kier molecular flexibility index (Phi) is 6.74. The summed E-state index contributed by atoms with van der Waals surface area (Å²) in [5.74, 6) is 0.793. The van der Waals surface area contributed by atoms with E-state index in [9.17, 15) is 4.79 Å². The van der Waals surface area contributed by atoms with Crippen molar-refractivity contribution in [3.63, 3.8) is 0 Å². The maximum absolute atomic E-state index is 11.5. The van der Waals surface area contributed by atoms with E-state index in [-0.39, 0.29) is 12.1 Å². The third-order valence-electron chi connectivity index (χ3n) is 2.29. The van der Waals surface area contributed by atoms with Gasteiger partial charge in [-0.3, -0.25) is 0 Å². The average Bonchev–Trinajstić information content (AvgIpc) is 2.36. The highest BCUT2D eigenvalue weighted by Gasteiger charge is 2.02. The standard InChI is InChI=1S/C14H22N2O3/c1-11(2)19-13-7-5-12(6-8-13)16-14(17)15-9-4-10-18-3/h5-8,11H,4,9-10H2,1-3H3,(H2,15,16,17). The fourth-order valence-corrected chi connectivity index (χ4v) is 1.48. The number of anilines is 1. The lowest BCUT2D eigenvalue weighted by Gasteiger charge is -2.11. The molecule has 0 saturated carbocycles. The second-order valence-corrected chi connectivity index (χ2v) is 4.42. The minimum atomic E-state index is -0.214. The van der Waals surface area contributed by atoms with Gasteiger partial charge in [-0.2, -0.15) is 0 Å². The normalized spacial score (nSPS) is 10.3. The summed E-state index contributed by atoms with van der Waals surface area (Å²) in [5.41, 5.74) is 0.736. The molecule has 0 aliphatic heterocycles. The Hall–Kier alpha value is -1.75. The molecule has 5 heteroatoms. The Morgan fingerprint density at radius 2 is 1.95 bits per heavy atom. The van der Waals surface area contributed by atoms with Gasteiger partial charge in [0.1, 0.15) is 5.75 Å². The summed E-state index contributed by atoms with van der Waals surface area (Å²) in [4.78, 5) is 11.5. The van der Waals surface area contributed by atoms with Crippen LogP contribution in [-0.2, 0) is 4.74 Å². The third-order valence-corrected chi connectivity index (χ3v) is 2.29. The highest BCUT2D eigenvalue weighted by molar-refractivity contribution is 5.89. The molecule has 0 atom stereocenters. The van der Waals surface area contributed by atoms with Crippen LogP contribution in [0.3, 0.4) is 0 Å². The number of carbonyl (C=O) groups excluding carboxylic acids is 1. The van der Waals surface area contributed by atoms with Gasteiger partial charge in [0.15, 0.2) is 0 Å². The SMILES string of the molecule is COCCCNC(=O)Nc1ccc(OC(C)C)cc1. The van der Waals surface area contributed by atoms with Gasteiger partial charge in [-0.1, -0.05) is 0 Å². The van der Waals surface area contributed by atoms with Gasteiger partial charge in [-0.05, 0) is 44.5 Å². The molecule has 0 aliphatic carbocycles. The van der Waals surface area contributed by atoms with E-state index in [1.54, 1.807) is 7.11 Å². The van der Waals surface area contributed by atoms with Gasteiger partial charge in [-0.15, -0.1) is 0 Å². The van der Waals surface area contributed by atoms with E-state index in [0.29, 0.717) is 13.2 Å². The Morgan fingerprint density at radius 3 is 2.53 bits per heavy atom. The number of methoxy groups -OCH3 is 1. The maximum atomic E-state index is 11.5. The molecule has 2 amide bonds. The number of benzene rings is 1. The van der Waals surface area contributed by atoms with Crippen molar-refractivity contribution in [2.45, 2.75) is 26.4 Å². The van der Waals surface area contributed by atoms with Crippen molar-refractivity contribution in [2.75, 3.05) is 25.6 Å². The smallest absolute Gasteiger partial charge is 0.319 e. The van der Waals surface area contributed by atoms with Crippen LogP contribution >= 0.6 is 0 Å². The zero-order valence-electron chi connectivity index (χ0n) is 11.7. The van der Waals surface area contributed by atoms with E-state index in [0.717, 1.165) is 17.9 Å². The minimum absolute atomic E-state index is 0.142. The summed E-state index contributed by atoms with van der Waals surface area (Å²) in [7, 11) is 1.64. The van der Waals surface area contributed by atoms with Gasteiger partial charge in [0.2, 0.25) is 0 Å². The average molecular weight is 266 g/mol. The first-order chi connectivity index (χ1) is 9.11. The first-order valence-corrected chi connectivity index (χ1v) is 6.42. The zero-order valence-corrected chi connectivity index (χ0v) is 11.7. The van der Waals surface area contributed by atoms with Crippen LogP contribution in [0.15, 0.2) is 24.3 Å². The molecule has 5 nitrogen and oxygen atoms in total. The number of hydrogen-bond donors (Lipinski definition) is 2. The van der Waals surface area contributed by atoms with E-state index in [1.165, 1.54) is 0 Å². The summed E-state index contributed by atoms with van der Waals surface area (Å²) >= 11 is 0. The molecule has 0 aliphatic rings. The molecule has 0 bridgehead atoms. The van der Waals surface area contributed by atoms with Crippen molar-refractivity contribution in [3.8, 4) is 5.75 Å². The molecule has 0 heterocycles. The summed E-state index contributed by atoms with van der Waals surface area (Å²) in [5, 5.41) is 5.50. The van der Waals surface area contributed by atoms with Crippen LogP contribution in [-0.4, -0.2) is 32.4 Å². The Balaban J connectivity index is 2.34. The van der Waals surface area contributed by atoms with Gasteiger partial charge in [0.25, 0.3) is 0 Å². The molecule has 0 unspecified atom stereocenters. The van der Waals surface area contributed by atoms with E-state index < -0.39 is 0 Å². The number of nitrogens with one attached hydrogen (secondary N) is 2. The summed E-state index contributed by atoms with van der Waals surface area (Å²) < 4.78 is 10.4. The van der Waals surface area contributed by atoms with Gasteiger partial charge < -0.3 is 20.1 Å². The van der Waals surface area contributed by atoms with Crippen LogP contribution in [0, 0.1) is 0 Å². The van der Waals surface area contributed by atoms with Crippen molar-refractivity contribution in [1.82, 2.24) is 5.32 Å². The monoisotopic (exact) mass is 266 g/mol. The van der Waals surface area contributed by atoms with Crippen LogP contribution in [0.2, 0.25) is 0 Å². The lowest BCUT2D eigenvalue weighted by atomic mass is 10.3. The number of rotatable bonds is 7. The Morgan fingerprint density at radius 1 is 1.26 bits per heavy atom.